The maximum atomic E-state index is 13.8. The van der Waals surface area contributed by atoms with E-state index in [1.165, 1.54) is 11.3 Å². The van der Waals surface area contributed by atoms with Crippen molar-refractivity contribution >= 4 is 39.0 Å². The lowest BCUT2D eigenvalue weighted by molar-refractivity contribution is 0.0909. The Bertz CT molecular complexity index is 1310. The first kappa shape index (κ1) is 22.2. The number of nitrogen functional groups attached to an aromatic ring is 1. The molecule has 1 unspecified atom stereocenters. The van der Waals surface area contributed by atoms with Gasteiger partial charge in [0.1, 0.15) is 29.8 Å². The lowest BCUT2D eigenvalue weighted by Crippen LogP contribution is -2.21. The molecule has 6 nitrogen and oxygen atoms in total. The van der Waals surface area contributed by atoms with E-state index in [0.717, 1.165) is 27.8 Å². The summed E-state index contributed by atoms with van der Waals surface area (Å²) in [6, 6.07) is 19.3. The normalized spacial score (nSPS) is 11.7. The minimum Gasteiger partial charge on any atom is -0.481 e. The van der Waals surface area contributed by atoms with Crippen molar-refractivity contribution in [1.82, 2.24) is 0 Å². The second kappa shape index (κ2) is 9.66. The van der Waals surface area contributed by atoms with Crippen LogP contribution in [-0.4, -0.2) is 18.5 Å². The first-order chi connectivity index (χ1) is 15.9. The van der Waals surface area contributed by atoms with Crippen molar-refractivity contribution in [2.24, 2.45) is 5.73 Å². The number of halogens is 2. The Morgan fingerprint density at radius 2 is 1.85 bits per heavy atom. The molecule has 4 rings (SSSR count). The number of carbonyl (C=O) groups is 1. The lowest BCUT2D eigenvalue weighted by Gasteiger charge is -2.20. The van der Waals surface area contributed by atoms with Gasteiger partial charge >= 0.3 is 6.09 Å². The zero-order valence-electron chi connectivity index (χ0n) is 17.2. The summed E-state index contributed by atoms with van der Waals surface area (Å²) in [6.45, 7) is -0.168. The average molecular weight is 467 g/mol. The molecule has 0 fully saturated rings. The highest BCUT2D eigenvalue weighted by molar-refractivity contribution is 7.20. The molecule has 33 heavy (non-hydrogen) atoms. The maximum Gasteiger partial charge on any atom is 0.411 e. The SMILES string of the molecule is N=C(N)c1cc2c(OC(COC(=O)Nc3ccc(F)cc3F)c3ccccc3)cccc2s1. The number of anilines is 1. The number of ether oxygens (including phenoxy) is 2. The van der Waals surface area contributed by atoms with E-state index in [0.29, 0.717) is 16.7 Å². The summed E-state index contributed by atoms with van der Waals surface area (Å²) in [4.78, 5) is 12.9. The molecule has 4 aromatic rings. The van der Waals surface area contributed by atoms with E-state index in [1.54, 1.807) is 12.1 Å². The molecule has 0 saturated carbocycles. The number of amides is 1. The van der Waals surface area contributed by atoms with E-state index in [2.05, 4.69) is 5.32 Å². The fourth-order valence-corrected chi connectivity index (χ4v) is 4.12. The van der Waals surface area contributed by atoms with E-state index in [1.807, 2.05) is 42.5 Å². The monoisotopic (exact) mass is 467 g/mol. The van der Waals surface area contributed by atoms with Gasteiger partial charge in [0.25, 0.3) is 0 Å². The highest BCUT2D eigenvalue weighted by atomic mass is 32.1. The van der Waals surface area contributed by atoms with Crippen LogP contribution < -0.4 is 15.8 Å². The van der Waals surface area contributed by atoms with Gasteiger partial charge in [0.05, 0.1) is 10.6 Å². The van der Waals surface area contributed by atoms with Crippen molar-refractivity contribution in [1.29, 1.82) is 5.41 Å². The van der Waals surface area contributed by atoms with E-state index in [9.17, 15) is 13.6 Å². The van der Waals surface area contributed by atoms with Crippen molar-refractivity contribution in [3.05, 3.63) is 94.9 Å². The summed E-state index contributed by atoms with van der Waals surface area (Å²) in [6.07, 6.45) is -1.57. The maximum absolute atomic E-state index is 13.8. The molecule has 1 aromatic heterocycles. The first-order valence-electron chi connectivity index (χ1n) is 9.88. The largest absolute Gasteiger partial charge is 0.481 e. The summed E-state index contributed by atoms with van der Waals surface area (Å²) >= 11 is 1.38. The number of fused-ring (bicyclic) bond motifs is 1. The van der Waals surface area contributed by atoms with Gasteiger partial charge in [0, 0.05) is 16.2 Å². The molecule has 4 N–H and O–H groups in total. The Balaban J connectivity index is 1.53. The van der Waals surface area contributed by atoms with Crippen molar-refractivity contribution < 1.29 is 23.0 Å². The zero-order chi connectivity index (χ0) is 23.4. The smallest absolute Gasteiger partial charge is 0.411 e. The van der Waals surface area contributed by atoms with Crippen LogP contribution in [0.4, 0.5) is 19.3 Å². The number of nitrogens with one attached hydrogen (secondary N) is 2. The average Bonchev–Trinajstić information content (AvgIpc) is 3.25. The third kappa shape index (κ3) is 5.27. The molecule has 0 aliphatic rings. The highest BCUT2D eigenvalue weighted by Crippen LogP contribution is 2.35. The number of nitrogens with two attached hydrogens (primary N) is 1. The summed E-state index contributed by atoms with van der Waals surface area (Å²) in [5.74, 6) is -1.15. The molecule has 0 bridgehead atoms. The van der Waals surface area contributed by atoms with E-state index < -0.39 is 23.8 Å². The fraction of sp³-hybridized carbons (Fsp3) is 0.0833. The van der Waals surface area contributed by atoms with Crippen molar-refractivity contribution in [3.63, 3.8) is 0 Å². The summed E-state index contributed by atoms with van der Waals surface area (Å²) in [5.41, 5.74) is 6.19. The van der Waals surface area contributed by atoms with Crippen molar-refractivity contribution in [2.75, 3.05) is 11.9 Å². The Labute approximate surface area is 192 Å². The predicted molar refractivity (Wildman–Crippen MR) is 124 cm³/mol. The van der Waals surface area contributed by atoms with Gasteiger partial charge < -0.3 is 15.2 Å². The van der Waals surface area contributed by atoms with Gasteiger partial charge in [0.15, 0.2) is 6.10 Å². The summed E-state index contributed by atoms with van der Waals surface area (Å²) < 4.78 is 39.3. The number of hydrogen-bond acceptors (Lipinski definition) is 5. The predicted octanol–water partition coefficient (Wildman–Crippen LogP) is 5.83. The van der Waals surface area contributed by atoms with Crippen molar-refractivity contribution in [3.8, 4) is 5.75 Å². The second-order valence-corrected chi connectivity index (χ2v) is 8.14. The molecule has 3 aromatic carbocycles. The van der Waals surface area contributed by atoms with Crippen LogP contribution in [0, 0.1) is 17.0 Å². The van der Waals surface area contributed by atoms with E-state index in [-0.39, 0.29) is 18.1 Å². The zero-order valence-corrected chi connectivity index (χ0v) is 18.0. The molecule has 1 amide bonds. The molecule has 0 aliphatic carbocycles. The molecule has 1 atom stereocenters. The fourth-order valence-electron chi connectivity index (χ4n) is 3.18. The van der Waals surface area contributed by atoms with Gasteiger partial charge in [0.2, 0.25) is 0 Å². The minimum absolute atomic E-state index is 0.0326. The van der Waals surface area contributed by atoms with Crippen LogP contribution in [0.2, 0.25) is 0 Å². The molecule has 0 saturated heterocycles. The lowest BCUT2D eigenvalue weighted by atomic mass is 10.1. The van der Waals surface area contributed by atoms with Crippen LogP contribution in [0.3, 0.4) is 0 Å². The van der Waals surface area contributed by atoms with Gasteiger partial charge in [-0.15, -0.1) is 11.3 Å². The molecular formula is C24H19F2N3O3S. The van der Waals surface area contributed by atoms with E-state index in [4.69, 9.17) is 20.6 Å². The molecule has 0 spiro atoms. The number of rotatable bonds is 7. The Morgan fingerprint density at radius 3 is 2.58 bits per heavy atom. The summed E-state index contributed by atoms with van der Waals surface area (Å²) in [5, 5.41) is 10.7. The quantitative estimate of drug-likeness (QED) is 0.235. The second-order valence-electron chi connectivity index (χ2n) is 7.06. The van der Waals surface area contributed by atoms with Crippen LogP contribution in [0.15, 0.2) is 72.8 Å². The number of thiophene rings is 1. The Kier molecular flexibility index (Phi) is 6.50. The minimum atomic E-state index is -0.909. The standard InChI is InChI=1S/C24H19F2N3O3S/c25-15-9-10-18(17(26)11-15)29-24(30)31-13-20(14-5-2-1-3-6-14)32-19-7-4-8-21-16(19)12-22(33-21)23(27)28/h1-12,20H,13H2,(H3,27,28)(H,29,30). The van der Waals surface area contributed by atoms with Crippen LogP contribution in [0.5, 0.6) is 5.75 Å². The first-order valence-corrected chi connectivity index (χ1v) is 10.7. The number of carbonyl (C=O) groups excluding carboxylic acids is 1. The van der Waals surface area contributed by atoms with Gasteiger partial charge in [-0.25, -0.2) is 13.6 Å². The molecule has 0 radical (unpaired) electrons. The summed E-state index contributed by atoms with van der Waals surface area (Å²) in [7, 11) is 0. The molecule has 168 valence electrons. The van der Waals surface area contributed by atoms with Crippen LogP contribution in [0.1, 0.15) is 16.5 Å². The van der Waals surface area contributed by atoms with Gasteiger partial charge in [-0.2, -0.15) is 0 Å². The van der Waals surface area contributed by atoms with Crippen LogP contribution in [-0.2, 0) is 4.74 Å². The molecule has 1 heterocycles. The molecular weight excluding hydrogens is 448 g/mol. The van der Waals surface area contributed by atoms with E-state index >= 15 is 0 Å². The topological polar surface area (TPSA) is 97.4 Å². The van der Waals surface area contributed by atoms with Crippen molar-refractivity contribution in [2.45, 2.75) is 6.10 Å². The Morgan fingerprint density at radius 1 is 1.06 bits per heavy atom. The van der Waals surface area contributed by atoms with Crippen LogP contribution >= 0.6 is 11.3 Å². The van der Waals surface area contributed by atoms with Gasteiger partial charge in [-0.05, 0) is 35.9 Å². The van der Waals surface area contributed by atoms with Gasteiger partial charge in [-0.3, -0.25) is 10.7 Å². The molecule has 0 aliphatic heterocycles. The number of hydrogen-bond donors (Lipinski definition) is 3. The third-order valence-electron chi connectivity index (χ3n) is 4.76. The number of benzene rings is 3. The highest BCUT2D eigenvalue weighted by Gasteiger charge is 2.19. The molecule has 9 heteroatoms. The van der Waals surface area contributed by atoms with Gasteiger partial charge in [-0.1, -0.05) is 36.4 Å². The van der Waals surface area contributed by atoms with Crippen LogP contribution in [0.25, 0.3) is 10.1 Å². The Hall–Kier alpha value is -3.98. The number of amidine groups is 1. The third-order valence-corrected chi connectivity index (χ3v) is 5.89.